The molecule has 2 heterocycles. The number of likely N-dealkylation sites (tertiary alicyclic amines) is 2. The smallest absolute Gasteiger partial charge is 0.315 e. The Morgan fingerprint density at radius 3 is 2.13 bits per heavy atom. The number of nitrogens with zero attached hydrogens (tertiary/aromatic N) is 2. The molecular formula is C35H58N6O6. The van der Waals surface area contributed by atoms with Crippen LogP contribution in [-0.4, -0.2) is 89.0 Å². The maximum absolute atomic E-state index is 14.4. The fourth-order valence-corrected chi connectivity index (χ4v) is 7.46. The largest absolute Gasteiger partial charge is 0.363 e. The highest BCUT2D eigenvalue weighted by molar-refractivity contribution is 6.37. The number of ketones is 1. The van der Waals surface area contributed by atoms with Crippen LogP contribution in [0.5, 0.6) is 0 Å². The van der Waals surface area contributed by atoms with Crippen LogP contribution in [0.3, 0.4) is 0 Å². The third kappa shape index (κ3) is 9.47. The Morgan fingerprint density at radius 2 is 1.55 bits per heavy atom. The third-order valence-electron chi connectivity index (χ3n) is 11.0. The molecule has 12 heteroatoms. The molecule has 264 valence electrons. The van der Waals surface area contributed by atoms with Crippen LogP contribution >= 0.6 is 0 Å². The molecule has 0 aromatic carbocycles. The zero-order valence-electron chi connectivity index (χ0n) is 29.4. The van der Waals surface area contributed by atoms with Crippen molar-refractivity contribution in [2.75, 3.05) is 19.6 Å². The second-order valence-corrected chi connectivity index (χ2v) is 16.8. The molecule has 0 aromatic heterocycles. The molecule has 1 unspecified atom stereocenters. The molecule has 6 amide bonds. The number of nitrogens with two attached hydrogens (primary N) is 1. The Hall–Kier alpha value is -3.18. The van der Waals surface area contributed by atoms with E-state index in [1.54, 1.807) is 4.90 Å². The fraction of sp³-hybridized carbons (Fsp3) is 0.829. The first kappa shape index (κ1) is 36.7. The van der Waals surface area contributed by atoms with E-state index in [4.69, 9.17) is 5.73 Å². The zero-order valence-corrected chi connectivity index (χ0v) is 29.4. The predicted molar refractivity (Wildman–Crippen MR) is 178 cm³/mol. The van der Waals surface area contributed by atoms with Crippen molar-refractivity contribution in [2.45, 2.75) is 143 Å². The van der Waals surface area contributed by atoms with Crippen LogP contribution in [-0.2, 0) is 24.0 Å². The molecule has 0 radical (unpaired) electrons. The van der Waals surface area contributed by atoms with Crippen LogP contribution in [0.15, 0.2) is 0 Å². The molecule has 2 saturated carbocycles. The van der Waals surface area contributed by atoms with E-state index in [9.17, 15) is 28.8 Å². The molecule has 2 aliphatic heterocycles. The summed E-state index contributed by atoms with van der Waals surface area (Å²) in [6.45, 7) is 13.7. The molecule has 0 spiro atoms. The topological polar surface area (TPSA) is 171 Å². The van der Waals surface area contributed by atoms with E-state index < -0.39 is 47.2 Å². The molecule has 2 saturated heterocycles. The molecule has 12 nitrogen and oxygen atoms in total. The summed E-state index contributed by atoms with van der Waals surface area (Å²) in [5.41, 5.74) is 4.36. The predicted octanol–water partition coefficient (Wildman–Crippen LogP) is 3.02. The summed E-state index contributed by atoms with van der Waals surface area (Å²) in [5.74, 6) is -2.36. The molecule has 4 aliphatic rings. The lowest BCUT2D eigenvalue weighted by Crippen LogP contribution is -2.63. The van der Waals surface area contributed by atoms with E-state index in [1.165, 1.54) is 0 Å². The molecule has 2 aliphatic carbocycles. The van der Waals surface area contributed by atoms with Gasteiger partial charge in [-0.15, -0.1) is 0 Å². The van der Waals surface area contributed by atoms with Gasteiger partial charge >= 0.3 is 6.03 Å². The number of nitrogens with one attached hydrogen (secondary N) is 3. The van der Waals surface area contributed by atoms with Gasteiger partial charge in [0, 0.05) is 26.1 Å². The normalized spacial score (nSPS) is 24.6. The van der Waals surface area contributed by atoms with Gasteiger partial charge in [-0.2, -0.15) is 0 Å². The summed E-state index contributed by atoms with van der Waals surface area (Å²) in [4.78, 5) is 82.4. The minimum atomic E-state index is -1.09. The molecule has 4 rings (SSSR count). The number of urea groups is 1. The number of carbonyl (C=O) groups is 6. The molecule has 0 bridgehead atoms. The Kier molecular flexibility index (Phi) is 11.3. The maximum atomic E-state index is 14.4. The minimum Gasteiger partial charge on any atom is -0.363 e. The number of hydrogen-bond acceptors (Lipinski definition) is 6. The van der Waals surface area contributed by atoms with Gasteiger partial charge in [0.05, 0.1) is 12.1 Å². The van der Waals surface area contributed by atoms with Crippen molar-refractivity contribution in [1.82, 2.24) is 25.8 Å². The highest BCUT2D eigenvalue weighted by Crippen LogP contribution is 2.40. The molecule has 0 aromatic rings. The van der Waals surface area contributed by atoms with Gasteiger partial charge < -0.3 is 31.5 Å². The van der Waals surface area contributed by atoms with E-state index in [0.29, 0.717) is 45.3 Å². The molecule has 5 N–H and O–H groups in total. The second kappa shape index (κ2) is 14.5. The van der Waals surface area contributed by atoms with Crippen molar-refractivity contribution in [3.63, 3.8) is 0 Å². The number of rotatable bonds is 12. The first-order chi connectivity index (χ1) is 21.9. The number of carbonyl (C=O) groups excluding carboxylic acids is 6. The number of piperidine rings is 1. The highest BCUT2D eigenvalue weighted by atomic mass is 16.2. The molecule has 47 heavy (non-hydrogen) atoms. The van der Waals surface area contributed by atoms with E-state index in [0.717, 1.165) is 51.4 Å². The van der Waals surface area contributed by atoms with E-state index in [-0.39, 0.29) is 34.6 Å². The summed E-state index contributed by atoms with van der Waals surface area (Å²) in [6.07, 6.45) is 9.03. The molecule has 4 fully saturated rings. The Morgan fingerprint density at radius 1 is 0.894 bits per heavy atom. The van der Waals surface area contributed by atoms with Crippen molar-refractivity contribution < 1.29 is 28.8 Å². The lowest BCUT2D eigenvalue weighted by atomic mass is 9.70. The number of amides is 6. The zero-order chi connectivity index (χ0) is 34.7. The summed E-state index contributed by atoms with van der Waals surface area (Å²) in [5, 5.41) is 8.89. The van der Waals surface area contributed by atoms with Crippen molar-refractivity contribution in [3.05, 3.63) is 0 Å². The van der Waals surface area contributed by atoms with Crippen LogP contribution in [0.2, 0.25) is 0 Å². The standard InChI is InChI=1S/C35H58N6O6/c1-33(2,3)25(21-40-18-16-34(4,5)20-26(40)42)38-32(47)39-28(35(6)14-8-7-9-15-35)31(46)41-17-10-11-24(41)30(45)37-23(19-22-12-13-22)27(43)29(36)44/h22-25,28H,7-21H2,1-6H3,(H2,36,44)(H,37,45)(H2,38,39,47)/t23?,24-,25+,28+/m0/s1. The first-order valence-corrected chi connectivity index (χ1v) is 17.7. The number of hydrogen-bond donors (Lipinski definition) is 4. The minimum absolute atomic E-state index is 0.0432. The summed E-state index contributed by atoms with van der Waals surface area (Å²) >= 11 is 0. The number of primary amides is 1. The second-order valence-electron chi connectivity index (χ2n) is 16.8. The van der Waals surface area contributed by atoms with E-state index in [1.807, 2.05) is 32.6 Å². The SMILES string of the molecule is CC1(C)CCN(C[C@@H](NC(=O)N[C@H](C(=O)N2CCC[C@H]2C(=O)NC(CC2CC2)C(=O)C(N)=O)C2(C)CCCCC2)C(C)(C)C)C(=O)C1. The average Bonchev–Trinajstić information content (AvgIpc) is 3.66. The maximum Gasteiger partial charge on any atom is 0.315 e. The Labute approximate surface area is 280 Å². The Balaban J connectivity index is 1.50. The van der Waals surface area contributed by atoms with Crippen molar-refractivity contribution in [2.24, 2.45) is 27.9 Å². The van der Waals surface area contributed by atoms with Crippen molar-refractivity contribution in [3.8, 4) is 0 Å². The van der Waals surface area contributed by atoms with Crippen molar-refractivity contribution in [1.29, 1.82) is 0 Å². The van der Waals surface area contributed by atoms with Gasteiger partial charge in [-0.1, -0.05) is 73.6 Å². The molecular weight excluding hydrogens is 600 g/mol. The third-order valence-corrected chi connectivity index (χ3v) is 11.0. The van der Waals surface area contributed by atoms with Crippen LogP contribution in [0.1, 0.15) is 119 Å². The lowest BCUT2D eigenvalue weighted by Gasteiger charge is -2.43. The van der Waals surface area contributed by atoms with Gasteiger partial charge in [0.25, 0.3) is 5.91 Å². The van der Waals surface area contributed by atoms with Gasteiger partial charge in [-0.3, -0.25) is 24.0 Å². The number of Topliss-reactive ketones (excluding diaryl/α,β-unsaturated/α-hetero) is 1. The quantitative estimate of drug-likeness (QED) is 0.235. The summed E-state index contributed by atoms with van der Waals surface area (Å²) < 4.78 is 0. The van der Waals surface area contributed by atoms with Gasteiger partial charge in [0.1, 0.15) is 12.1 Å². The van der Waals surface area contributed by atoms with Crippen LogP contribution in [0.4, 0.5) is 4.79 Å². The van der Waals surface area contributed by atoms with E-state index in [2.05, 4.69) is 29.8 Å². The lowest BCUT2D eigenvalue weighted by molar-refractivity contribution is -0.144. The van der Waals surface area contributed by atoms with Crippen LogP contribution in [0, 0.1) is 22.2 Å². The summed E-state index contributed by atoms with van der Waals surface area (Å²) in [7, 11) is 0. The van der Waals surface area contributed by atoms with Gasteiger partial charge in [0.2, 0.25) is 23.5 Å². The highest BCUT2D eigenvalue weighted by Gasteiger charge is 2.47. The van der Waals surface area contributed by atoms with Gasteiger partial charge in [0.15, 0.2) is 0 Å². The van der Waals surface area contributed by atoms with Crippen LogP contribution < -0.4 is 21.7 Å². The van der Waals surface area contributed by atoms with E-state index >= 15 is 0 Å². The van der Waals surface area contributed by atoms with Crippen molar-refractivity contribution >= 4 is 35.4 Å². The average molecular weight is 659 g/mol. The van der Waals surface area contributed by atoms with Crippen LogP contribution in [0.25, 0.3) is 0 Å². The molecule has 4 atom stereocenters. The monoisotopic (exact) mass is 658 g/mol. The fourth-order valence-electron chi connectivity index (χ4n) is 7.46. The van der Waals surface area contributed by atoms with Gasteiger partial charge in [-0.05, 0) is 60.7 Å². The summed E-state index contributed by atoms with van der Waals surface area (Å²) in [6, 6.07) is -3.53. The Bertz CT molecular complexity index is 1220. The first-order valence-electron chi connectivity index (χ1n) is 17.7. The van der Waals surface area contributed by atoms with Gasteiger partial charge in [-0.25, -0.2) is 4.79 Å².